The van der Waals surface area contributed by atoms with E-state index in [4.69, 9.17) is 17.3 Å². The van der Waals surface area contributed by atoms with Crippen LogP contribution in [0.2, 0.25) is 5.02 Å². The zero-order valence-corrected chi connectivity index (χ0v) is 10.4. The maximum atomic E-state index is 12.8. The molecule has 6 heteroatoms. The quantitative estimate of drug-likeness (QED) is 0.866. The summed E-state index contributed by atoms with van der Waals surface area (Å²) in [6, 6.07) is 3.18. The van der Waals surface area contributed by atoms with E-state index in [0.717, 1.165) is 18.9 Å². The van der Waals surface area contributed by atoms with Gasteiger partial charge in [0.05, 0.1) is 5.56 Å². The molecule has 1 aliphatic rings. The van der Waals surface area contributed by atoms with Crippen LogP contribution in [0.1, 0.15) is 30.0 Å². The molecule has 1 nitrogen and oxygen atoms in total. The van der Waals surface area contributed by atoms with Gasteiger partial charge in [-0.2, -0.15) is 13.2 Å². The van der Waals surface area contributed by atoms with Crippen LogP contribution in [0, 0.1) is 5.92 Å². The van der Waals surface area contributed by atoms with E-state index >= 15 is 0 Å². The third kappa shape index (κ3) is 3.06. The Hall–Kier alpha value is -0.450. The van der Waals surface area contributed by atoms with Crippen LogP contribution >= 0.6 is 24.0 Å². The van der Waals surface area contributed by atoms with Gasteiger partial charge in [0.2, 0.25) is 0 Å². The summed E-state index contributed by atoms with van der Waals surface area (Å²) in [5.74, 6) is 0.140. The van der Waals surface area contributed by atoms with Crippen LogP contribution in [0.15, 0.2) is 18.2 Å². The van der Waals surface area contributed by atoms with Gasteiger partial charge in [-0.25, -0.2) is 0 Å². The van der Waals surface area contributed by atoms with Gasteiger partial charge >= 0.3 is 6.18 Å². The van der Waals surface area contributed by atoms with E-state index in [1.54, 1.807) is 0 Å². The Morgan fingerprint density at radius 1 is 1.29 bits per heavy atom. The second-order valence-electron chi connectivity index (χ2n) is 4.06. The predicted molar refractivity (Wildman–Crippen MR) is 63.4 cm³/mol. The van der Waals surface area contributed by atoms with Crippen LogP contribution in [0.5, 0.6) is 0 Å². The molecule has 0 amide bonds. The van der Waals surface area contributed by atoms with Crippen LogP contribution in [-0.2, 0) is 6.18 Å². The van der Waals surface area contributed by atoms with Crippen LogP contribution in [0.4, 0.5) is 13.2 Å². The first-order valence-electron chi connectivity index (χ1n) is 5.02. The van der Waals surface area contributed by atoms with Crippen LogP contribution in [0.3, 0.4) is 0 Å². The molecule has 1 aromatic carbocycles. The Morgan fingerprint density at radius 3 is 2.35 bits per heavy atom. The third-order valence-electron chi connectivity index (χ3n) is 2.82. The summed E-state index contributed by atoms with van der Waals surface area (Å²) in [6.45, 7) is 0. The summed E-state index contributed by atoms with van der Waals surface area (Å²) in [4.78, 5) is 0. The van der Waals surface area contributed by atoms with Gasteiger partial charge in [-0.05, 0) is 36.5 Å². The molecule has 0 unspecified atom stereocenters. The van der Waals surface area contributed by atoms with Gasteiger partial charge in [0.25, 0.3) is 0 Å². The lowest BCUT2D eigenvalue weighted by atomic mass is 9.97. The Kier molecular flexibility index (Phi) is 4.33. The number of hydrogen-bond donors (Lipinski definition) is 1. The lowest BCUT2D eigenvalue weighted by Gasteiger charge is -2.19. The Labute approximate surface area is 109 Å². The molecule has 0 heterocycles. The van der Waals surface area contributed by atoms with Crippen LogP contribution < -0.4 is 5.73 Å². The summed E-state index contributed by atoms with van der Waals surface area (Å²) in [5.41, 5.74) is 5.15. The first-order valence-corrected chi connectivity index (χ1v) is 5.40. The number of benzene rings is 1. The maximum absolute atomic E-state index is 12.8. The van der Waals surface area contributed by atoms with Crippen molar-refractivity contribution in [1.82, 2.24) is 0 Å². The van der Waals surface area contributed by atoms with Crippen molar-refractivity contribution < 1.29 is 13.2 Å². The molecule has 0 saturated heterocycles. The number of halogens is 5. The van der Waals surface area contributed by atoms with E-state index in [1.165, 1.54) is 12.1 Å². The Bertz CT molecular complexity index is 402. The fraction of sp³-hybridized carbons (Fsp3) is 0.455. The van der Waals surface area contributed by atoms with Gasteiger partial charge in [0.15, 0.2) is 0 Å². The minimum atomic E-state index is -4.40. The van der Waals surface area contributed by atoms with E-state index in [1.807, 2.05) is 0 Å². The summed E-state index contributed by atoms with van der Waals surface area (Å²) in [7, 11) is 0. The molecule has 2 rings (SSSR count). The van der Waals surface area contributed by atoms with Crippen molar-refractivity contribution in [3.05, 3.63) is 34.3 Å². The number of rotatable bonds is 2. The van der Waals surface area contributed by atoms with Crippen molar-refractivity contribution in [2.45, 2.75) is 25.1 Å². The highest BCUT2D eigenvalue weighted by atomic mass is 35.5. The summed E-state index contributed by atoms with van der Waals surface area (Å²) < 4.78 is 38.3. The lowest BCUT2D eigenvalue weighted by Crippen LogP contribution is -2.19. The second-order valence-corrected chi connectivity index (χ2v) is 4.47. The van der Waals surface area contributed by atoms with Crippen molar-refractivity contribution in [2.75, 3.05) is 0 Å². The monoisotopic (exact) mass is 285 g/mol. The third-order valence-corrected chi connectivity index (χ3v) is 3.15. The molecular formula is C11H12Cl2F3N. The molecule has 17 heavy (non-hydrogen) atoms. The van der Waals surface area contributed by atoms with Crippen molar-refractivity contribution >= 4 is 24.0 Å². The van der Waals surface area contributed by atoms with Gasteiger partial charge in [0.1, 0.15) is 0 Å². The van der Waals surface area contributed by atoms with Gasteiger partial charge in [0, 0.05) is 11.1 Å². The zero-order valence-electron chi connectivity index (χ0n) is 8.80. The Balaban J connectivity index is 0.00000144. The van der Waals surface area contributed by atoms with E-state index in [9.17, 15) is 13.2 Å². The summed E-state index contributed by atoms with van der Waals surface area (Å²) >= 11 is 5.82. The molecule has 1 atom stereocenters. The molecule has 0 aliphatic heterocycles. The average Bonchev–Trinajstić information content (AvgIpc) is 2.98. The van der Waals surface area contributed by atoms with Gasteiger partial charge in [-0.15, -0.1) is 12.4 Å². The van der Waals surface area contributed by atoms with Gasteiger partial charge < -0.3 is 5.73 Å². The Morgan fingerprint density at radius 2 is 1.88 bits per heavy atom. The summed E-state index contributed by atoms with van der Waals surface area (Å²) in [6.07, 6.45) is -2.64. The van der Waals surface area contributed by atoms with Crippen molar-refractivity contribution in [2.24, 2.45) is 11.7 Å². The predicted octanol–water partition coefficient (Wildman–Crippen LogP) is 4.19. The fourth-order valence-corrected chi connectivity index (χ4v) is 2.11. The molecular weight excluding hydrogens is 274 g/mol. The largest absolute Gasteiger partial charge is 0.416 e. The number of alkyl halides is 3. The standard InChI is InChI=1S/C11H11ClF3N.ClH/c12-8-3-1-2-7(11(13,14)15)9(8)10(16)6-4-5-6;/h1-3,6,10H,4-5,16H2;1H/t10-;/m0./s1. The van der Waals surface area contributed by atoms with Crippen LogP contribution in [0.25, 0.3) is 0 Å². The molecule has 1 aromatic rings. The fourth-order valence-electron chi connectivity index (χ4n) is 1.81. The highest BCUT2D eigenvalue weighted by Gasteiger charge is 2.39. The molecule has 1 aliphatic carbocycles. The smallest absolute Gasteiger partial charge is 0.324 e. The lowest BCUT2D eigenvalue weighted by molar-refractivity contribution is -0.138. The first kappa shape index (κ1) is 14.6. The zero-order chi connectivity index (χ0) is 11.9. The molecule has 0 bridgehead atoms. The van der Waals surface area contributed by atoms with Crippen molar-refractivity contribution in [3.63, 3.8) is 0 Å². The van der Waals surface area contributed by atoms with E-state index in [2.05, 4.69) is 0 Å². The van der Waals surface area contributed by atoms with Crippen molar-refractivity contribution in [1.29, 1.82) is 0 Å². The topological polar surface area (TPSA) is 26.0 Å². The highest BCUT2D eigenvalue weighted by Crippen LogP contribution is 2.45. The van der Waals surface area contributed by atoms with Gasteiger partial charge in [-0.3, -0.25) is 0 Å². The minimum Gasteiger partial charge on any atom is -0.324 e. The minimum absolute atomic E-state index is 0. The van der Waals surface area contributed by atoms with Gasteiger partial charge in [-0.1, -0.05) is 17.7 Å². The molecule has 1 fully saturated rings. The molecule has 2 N–H and O–H groups in total. The van der Waals surface area contributed by atoms with E-state index in [0.29, 0.717) is 0 Å². The van der Waals surface area contributed by atoms with E-state index < -0.39 is 17.8 Å². The average molecular weight is 286 g/mol. The number of nitrogens with two attached hydrogens (primary N) is 1. The molecule has 96 valence electrons. The number of hydrogen-bond acceptors (Lipinski definition) is 1. The van der Waals surface area contributed by atoms with E-state index in [-0.39, 0.29) is 28.9 Å². The maximum Gasteiger partial charge on any atom is 0.416 e. The first-order chi connectivity index (χ1) is 7.41. The van der Waals surface area contributed by atoms with Crippen LogP contribution in [-0.4, -0.2) is 0 Å². The highest BCUT2D eigenvalue weighted by molar-refractivity contribution is 6.31. The molecule has 0 aromatic heterocycles. The SMILES string of the molecule is Cl.N[C@H](c1c(Cl)cccc1C(F)(F)F)C1CC1. The van der Waals surface area contributed by atoms with Crippen molar-refractivity contribution in [3.8, 4) is 0 Å². The molecule has 0 spiro atoms. The normalized spacial score (nSPS) is 17.5. The molecule has 0 radical (unpaired) electrons. The second kappa shape index (κ2) is 5.04. The summed E-state index contributed by atoms with van der Waals surface area (Å²) in [5, 5.41) is 0.106. The molecule has 1 saturated carbocycles.